The second-order valence-electron chi connectivity index (χ2n) is 3.46. The Morgan fingerprint density at radius 2 is 2.15 bits per heavy atom. The van der Waals surface area contributed by atoms with Crippen molar-refractivity contribution in [1.82, 2.24) is 10.2 Å². The van der Waals surface area contributed by atoms with E-state index in [0.717, 1.165) is 12.8 Å². The summed E-state index contributed by atoms with van der Waals surface area (Å²) in [4.78, 5) is 13.1. The van der Waals surface area contributed by atoms with Gasteiger partial charge in [0.2, 0.25) is 0 Å². The van der Waals surface area contributed by atoms with Crippen molar-refractivity contribution in [2.45, 2.75) is 31.7 Å². The van der Waals surface area contributed by atoms with Crippen LogP contribution in [0.1, 0.15) is 25.7 Å². The molecule has 0 atom stereocenters. The van der Waals surface area contributed by atoms with Gasteiger partial charge in [0.25, 0.3) is 0 Å². The Hall–Kier alpha value is -0.770. The van der Waals surface area contributed by atoms with Gasteiger partial charge < -0.3 is 9.64 Å². The quantitative estimate of drug-likeness (QED) is 0.673. The summed E-state index contributed by atoms with van der Waals surface area (Å²) in [5, 5.41) is 2.77. The molecule has 4 heteroatoms. The zero-order chi connectivity index (χ0) is 9.68. The van der Waals surface area contributed by atoms with Crippen LogP contribution < -0.4 is 5.32 Å². The Morgan fingerprint density at radius 1 is 1.54 bits per heavy atom. The van der Waals surface area contributed by atoms with Crippen LogP contribution in [0.3, 0.4) is 0 Å². The maximum atomic E-state index is 11.4. The summed E-state index contributed by atoms with van der Waals surface area (Å²) in [5.74, 6) is 0. The number of nitrogens with one attached hydrogen (secondary N) is 1. The Balaban J connectivity index is 2.28. The zero-order valence-corrected chi connectivity index (χ0v) is 8.38. The number of nitrogens with zero attached hydrogens (tertiary/aromatic N) is 1. The monoisotopic (exact) mass is 186 g/mol. The van der Waals surface area contributed by atoms with Gasteiger partial charge in [-0.1, -0.05) is 12.8 Å². The van der Waals surface area contributed by atoms with E-state index in [1.54, 1.807) is 11.9 Å². The van der Waals surface area contributed by atoms with Gasteiger partial charge >= 0.3 is 6.09 Å². The molecule has 1 aliphatic rings. The molecule has 0 spiro atoms. The summed E-state index contributed by atoms with van der Waals surface area (Å²) in [7, 11) is 3.57. The Bertz CT molecular complexity index is 167. The highest BCUT2D eigenvalue weighted by Crippen LogP contribution is 2.22. The van der Waals surface area contributed by atoms with Crippen LogP contribution in [0.5, 0.6) is 0 Å². The average molecular weight is 186 g/mol. The van der Waals surface area contributed by atoms with Crippen LogP contribution in [0, 0.1) is 0 Å². The van der Waals surface area contributed by atoms with Crippen molar-refractivity contribution in [3.8, 4) is 0 Å². The van der Waals surface area contributed by atoms with Crippen molar-refractivity contribution in [3.63, 3.8) is 0 Å². The van der Waals surface area contributed by atoms with E-state index in [9.17, 15) is 4.79 Å². The molecule has 0 unspecified atom stereocenters. The number of carbonyl (C=O) groups is 1. The van der Waals surface area contributed by atoms with Gasteiger partial charge in [-0.2, -0.15) is 0 Å². The first kappa shape index (κ1) is 10.3. The van der Waals surface area contributed by atoms with Gasteiger partial charge in [-0.05, 0) is 19.9 Å². The number of carbonyl (C=O) groups excluding carboxylic acids is 1. The van der Waals surface area contributed by atoms with Crippen LogP contribution in [-0.4, -0.2) is 37.9 Å². The molecule has 1 N–H and O–H groups in total. The molecule has 13 heavy (non-hydrogen) atoms. The molecule has 4 nitrogen and oxygen atoms in total. The molecular formula is C9H18N2O2. The smallest absolute Gasteiger partial charge is 0.411 e. The number of rotatable bonds is 3. The number of amides is 1. The second kappa shape index (κ2) is 5.07. The van der Waals surface area contributed by atoms with Crippen molar-refractivity contribution in [2.24, 2.45) is 0 Å². The standard InChI is InChI=1S/C9H18N2O2/c1-10-7-13-9(12)11(2)8-5-3-4-6-8/h8,10H,3-7H2,1-2H3. The lowest BCUT2D eigenvalue weighted by Crippen LogP contribution is -2.36. The van der Waals surface area contributed by atoms with Crippen LogP contribution in [0.2, 0.25) is 0 Å². The van der Waals surface area contributed by atoms with Gasteiger partial charge in [-0.3, -0.25) is 5.32 Å². The van der Waals surface area contributed by atoms with E-state index in [1.807, 2.05) is 7.05 Å². The van der Waals surface area contributed by atoms with Gasteiger partial charge in [-0.15, -0.1) is 0 Å². The minimum Gasteiger partial charge on any atom is -0.433 e. The fourth-order valence-electron chi connectivity index (χ4n) is 1.68. The molecule has 0 heterocycles. The zero-order valence-electron chi connectivity index (χ0n) is 8.38. The first-order valence-electron chi connectivity index (χ1n) is 4.80. The van der Waals surface area contributed by atoms with E-state index in [4.69, 9.17) is 4.74 Å². The largest absolute Gasteiger partial charge is 0.433 e. The summed E-state index contributed by atoms with van der Waals surface area (Å²) in [6.45, 7) is 0.288. The molecule has 1 fully saturated rings. The molecule has 0 radical (unpaired) electrons. The van der Waals surface area contributed by atoms with E-state index in [1.165, 1.54) is 12.8 Å². The summed E-state index contributed by atoms with van der Waals surface area (Å²) < 4.78 is 4.94. The highest BCUT2D eigenvalue weighted by molar-refractivity contribution is 5.67. The molecule has 76 valence electrons. The molecule has 0 aliphatic heterocycles. The Kier molecular flexibility index (Phi) is 4.02. The van der Waals surface area contributed by atoms with Gasteiger partial charge in [0.05, 0.1) is 0 Å². The summed E-state index contributed by atoms with van der Waals surface area (Å²) in [5.41, 5.74) is 0. The highest BCUT2D eigenvalue weighted by atomic mass is 16.6. The van der Waals surface area contributed by atoms with Crippen molar-refractivity contribution in [3.05, 3.63) is 0 Å². The van der Waals surface area contributed by atoms with Crippen LogP contribution >= 0.6 is 0 Å². The van der Waals surface area contributed by atoms with Gasteiger partial charge in [-0.25, -0.2) is 4.79 Å². The normalized spacial score (nSPS) is 17.4. The molecule has 0 bridgehead atoms. The van der Waals surface area contributed by atoms with Crippen LogP contribution in [-0.2, 0) is 4.74 Å². The SMILES string of the molecule is CNCOC(=O)N(C)C1CCCC1. The fraction of sp³-hybridized carbons (Fsp3) is 0.889. The molecule has 0 aromatic heterocycles. The molecule has 0 saturated heterocycles. The third-order valence-corrected chi connectivity index (χ3v) is 2.50. The highest BCUT2D eigenvalue weighted by Gasteiger charge is 2.23. The van der Waals surface area contributed by atoms with E-state index in [-0.39, 0.29) is 12.8 Å². The van der Waals surface area contributed by atoms with Crippen LogP contribution in [0.4, 0.5) is 4.79 Å². The van der Waals surface area contributed by atoms with Crippen molar-refractivity contribution >= 4 is 6.09 Å². The molecule has 0 aromatic carbocycles. The summed E-state index contributed by atoms with van der Waals surface area (Å²) in [6, 6.07) is 0.393. The lowest BCUT2D eigenvalue weighted by atomic mass is 10.2. The molecule has 0 aromatic rings. The fourth-order valence-corrected chi connectivity index (χ4v) is 1.68. The predicted molar refractivity (Wildman–Crippen MR) is 50.4 cm³/mol. The molecule has 1 amide bonds. The lowest BCUT2D eigenvalue weighted by Gasteiger charge is -2.23. The van der Waals surface area contributed by atoms with Crippen LogP contribution in [0.25, 0.3) is 0 Å². The van der Waals surface area contributed by atoms with Crippen LogP contribution in [0.15, 0.2) is 0 Å². The number of ether oxygens (including phenoxy) is 1. The summed E-state index contributed by atoms with van der Waals surface area (Å²) >= 11 is 0. The first-order chi connectivity index (χ1) is 6.25. The average Bonchev–Trinajstić information content (AvgIpc) is 2.65. The lowest BCUT2D eigenvalue weighted by molar-refractivity contribution is 0.0928. The molecule has 1 aliphatic carbocycles. The van der Waals surface area contributed by atoms with Gasteiger partial charge in [0.15, 0.2) is 0 Å². The topological polar surface area (TPSA) is 41.6 Å². The van der Waals surface area contributed by atoms with E-state index < -0.39 is 0 Å². The van der Waals surface area contributed by atoms with Crippen molar-refractivity contribution in [2.75, 3.05) is 20.8 Å². The van der Waals surface area contributed by atoms with E-state index in [0.29, 0.717) is 6.04 Å². The maximum Gasteiger partial charge on any atom is 0.411 e. The summed E-state index contributed by atoms with van der Waals surface area (Å²) in [6.07, 6.45) is 4.47. The third-order valence-electron chi connectivity index (χ3n) is 2.50. The number of hydrogen-bond acceptors (Lipinski definition) is 3. The first-order valence-corrected chi connectivity index (χ1v) is 4.80. The Morgan fingerprint density at radius 3 is 2.69 bits per heavy atom. The minimum atomic E-state index is -0.221. The van der Waals surface area contributed by atoms with E-state index >= 15 is 0 Å². The van der Waals surface area contributed by atoms with E-state index in [2.05, 4.69) is 5.32 Å². The Labute approximate surface area is 79.2 Å². The van der Waals surface area contributed by atoms with Crippen molar-refractivity contribution in [1.29, 1.82) is 0 Å². The maximum absolute atomic E-state index is 11.4. The molecular weight excluding hydrogens is 168 g/mol. The minimum absolute atomic E-state index is 0.221. The number of hydrogen-bond donors (Lipinski definition) is 1. The van der Waals surface area contributed by atoms with Gasteiger partial charge in [0, 0.05) is 13.1 Å². The van der Waals surface area contributed by atoms with Crippen molar-refractivity contribution < 1.29 is 9.53 Å². The van der Waals surface area contributed by atoms with Gasteiger partial charge in [0.1, 0.15) is 6.73 Å². The third kappa shape index (κ3) is 2.88. The molecule has 1 saturated carbocycles. The second-order valence-corrected chi connectivity index (χ2v) is 3.46. The predicted octanol–water partition coefficient (Wildman–Crippen LogP) is 1.17. The molecule has 1 rings (SSSR count).